The zero-order valence-corrected chi connectivity index (χ0v) is 14.3. The second-order valence-electron chi connectivity index (χ2n) is 5.48. The molecule has 0 unspecified atom stereocenters. The predicted octanol–water partition coefficient (Wildman–Crippen LogP) is 3.07. The van der Waals surface area contributed by atoms with E-state index in [2.05, 4.69) is 5.32 Å². The molecule has 1 fully saturated rings. The highest BCUT2D eigenvalue weighted by Crippen LogP contribution is 2.37. The molecule has 0 bridgehead atoms. The molecule has 0 amide bonds. The topological polar surface area (TPSA) is 56.8 Å². The van der Waals surface area contributed by atoms with Gasteiger partial charge in [0.15, 0.2) is 5.78 Å². The Labute approximate surface area is 138 Å². The van der Waals surface area contributed by atoms with Crippen LogP contribution in [-0.2, 0) is 0 Å². The first-order chi connectivity index (χ1) is 11.2. The zero-order valence-electron chi connectivity index (χ0n) is 14.3. The van der Waals surface area contributed by atoms with Crippen LogP contribution in [0.5, 0.6) is 17.2 Å². The third-order valence-electron chi connectivity index (χ3n) is 3.91. The number of carbonyl (C=O) groups is 1. The number of ether oxygens (including phenoxy) is 3. The summed E-state index contributed by atoms with van der Waals surface area (Å²) in [7, 11) is 0. The van der Waals surface area contributed by atoms with Crippen LogP contribution in [0.25, 0.3) is 0 Å². The Morgan fingerprint density at radius 1 is 1.00 bits per heavy atom. The summed E-state index contributed by atoms with van der Waals surface area (Å²) in [4.78, 5) is 13.0. The Morgan fingerprint density at radius 2 is 1.52 bits per heavy atom. The monoisotopic (exact) mass is 321 g/mol. The summed E-state index contributed by atoms with van der Waals surface area (Å²) in [6.07, 6.45) is 1.70. The molecule has 0 spiro atoms. The molecule has 0 saturated carbocycles. The van der Waals surface area contributed by atoms with Gasteiger partial charge in [0.05, 0.1) is 19.8 Å². The van der Waals surface area contributed by atoms with Crippen LogP contribution in [0.1, 0.15) is 44.0 Å². The van der Waals surface area contributed by atoms with E-state index in [1.807, 2.05) is 20.8 Å². The van der Waals surface area contributed by atoms with Gasteiger partial charge in [0, 0.05) is 18.1 Å². The van der Waals surface area contributed by atoms with Gasteiger partial charge in [-0.1, -0.05) is 0 Å². The van der Waals surface area contributed by atoms with E-state index in [4.69, 9.17) is 14.2 Å². The summed E-state index contributed by atoms with van der Waals surface area (Å²) in [5.41, 5.74) is 0.559. The largest absolute Gasteiger partial charge is 0.494 e. The molecule has 1 aliphatic rings. The van der Waals surface area contributed by atoms with Crippen LogP contribution in [-0.4, -0.2) is 38.7 Å². The molecule has 0 aromatic heterocycles. The van der Waals surface area contributed by atoms with Crippen LogP contribution < -0.4 is 19.5 Å². The van der Waals surface area contributed by atoms with Crippen molar-refractivity contribution in [1.29, 1.82) is 0 Å². The van der Waals surface area contributed by atoms with E-state index in [1.165, 1.54) is 0 Å². The van der Waals surface area contributed by atoms with Gasteiger partial charge in [-0.15, -0.1) is 0 Å². The van der Waals surface area contributed by atoms with Crippen LogP contribution in [0, 0.1) is 5.92 Å². The summed E-state index contributed by atoms with van der Waals surface area (Å²) in [6.45, 7) is 9.04. The van der Waals surface area contributed by atoms with E-state index in [1.54, 1.807) is 12.1 Å². The SMILES string of the molecule is CCOc1cc(OCC)c(C(=O)C2CCNCC2)c(OCC)c1. The van der Waals surface area contributed by atoms with Gasteiger partial charge in [-0.25, -0.2) is 0 Å². The molecule has 1 N–H and O–H groups in total. The minimum Gasteiger partial charge on any atom is -0.494 e. The molecule has 0 radical (unpaired) electrons. The third kappa shape index (κ3) is 4.38. The Hall–Kier alpha value is -1.75. The smallest absolute Gasteiger partial charge is 0.173 e. The number of hydrogen-bond acceptors (Lipinski definition) is 5. The summed E-state index contributed by atoms with van der Waals surface area (Å²) in [6, 6.07) is 3.59. The van der Waals surface area contributed by atoms with Crippen LogP contribution >= 0.6 is 0 Å². The minimum absolute atomic E-state index is 0.0209. The lowest BCUT2D eigenvalue weighted by atomic mass is 9.88. The fraction of sp³-hybridized carbons (Fsp3) is 0.611. The first kappa shape index (κ1) is 17.6. The molecule has 1 heterocycles. The molecule has 1 aliphatic heterocycles. The number of ketones is 1. The Bertz CT molecular complexity index is 497. The van der Waals surface area contributed by atoms with Gasteiger partial charge in [-0.05, 0) is 46.7 Å². The molecule has 0 atom stereocenters. The second-order valence-corrected chi connectivity index (χ2v) is 5.48. The molecule has 1 aromatic carbocycles. The van der Waals surface area contributed by atoms with Crippen molar-refractivity contribution in [1.82, 2.24) is 5.32 Å². The fourth-order valence-electron chi connectivity index (χ4n) is 2.89. The number of Topliss-reactive ketones (excluding diaryl/α,β-unsaturated/α-hetero) is 1. The van der Waals surface area contributed by atoms with Crippen LogP contribution in [0.3, 0.4) is 0 Å². The van der Waals surface area contributed by atoms with Gasteiger partial charge >= 0.3 is 0 Å². The number of carbonyl (C=O) groups excluding carboxylic acids is 1. The van der Waals surface area contributed by atoms with E-state index in [9.17, 15) is 4.79 Å². The van der Waals surface area contributed by atoms with Crippen molar-refractivity contribution in [2.45, 2.75) is 33.6 Å². The first-order valence-electron chi connectivity index (χ1n) is 8.52. The van der Waals surface area contributed by atoms with Crippen molar-refractivity contribution in [2.75, 3.05) is 32.9 Å². The average Bonchev–Trinajstić information content (AvgIpc) is 2.56. The Kier molecular flexibility index (Phi) is 6.71. The summed E-state index contributed by atoms with van der Waals surface area (Å²) in [5, 5.41) is 3.29. The lowest BCUT2D eigenvalue weighted by molar-refractivity contribution is 0.0887. The van der Waals surface area contributed by atoms with Crippen molar-refractivity contribution in [3.8, 4) is 17.2 Å². The van der Waals surface area contributed by atoms with Gasteiger partial charge in [0.1, 0.15) is 22.8 Å². The van der Waals surface area contributed by atoms with Crippen LogP contribution in [0.4, 0.5) is 0 Å². The molecular weight excluding hydrogens is 294 g/mol. The maximum Gasteiger partial charge on any atom is 0.173 e. The van der Waals surface area contributed by atoms with Gasteiger partial charge in [-0.2, -0.15) is 0 Å². The van der Waals surface area contributed by atoms with Crippen molar-refractivity contribution < 1.29 is 19.0 Å². The van der Waals surface area contributed by atoms with Gasteiger partial charge in [-0.3, -0.25) is 4.79 Å². The molecule has 5 heteroatoms. The van der Waals surface area contributed by atoms with Crippen molar-refractivity contribution >= 4 is 5.78 Å². The highest BCUT2D eigenvalue weighted by molar-refractivity contribution is 6.03. The Balaban J connectivity index is 2.41. The van der Waals surface area contributed by atoms with E-state index in [0.717, 1.165) is 25.9 Å². The van der Waals surface area contributed by atoms with Gasteiger partial charge in [0.2, 0.25) is 0 Å². The standard InChI is InChI=1S/C18H27NO4/c1-4-21-14-11-15(22-5-2)17(16(12-14)23-6-3)18(20)13-7-9-19-10-8-13/h11-13,19H,4-10H2,1-3H3. The van der Waals surface area contributed by atoms with Crippen molar-refractivity contribution in [2.24, 2.45) is 5.92 Å². The second kappa shape index (κ2) is 8.77. The molecule has 128 valence electrons. The fourth-order valence-corrected chi connectivity index (χ4v) is 2.89. The van der Waals surface area contributed by atoms with E-state index >= 15 is 0 Å². The molecule has 1 aromatic rings. The number of piperidine rings is 1. The average molecular weight is 321 g/mol. The maximum atomic E-state index is 13.0. The first-order valence-corrected chi connectivity index (χ1v) is 8.52. The molecule has 5 nitrogen and oxygen atoms in total. The Morgan fingerprint density at radius 3 is 2.00 bits per heavy atom. The van der Waals surface area contributed by atoms with Gasteiger partial charge in [0.25, 0.3) is 0 Å². The van der Waals surface area contributed by atoms with Crippen LogP contribution in [0.2, 0.25) is 0 Å². The number of benzene rings is 1. The van der Waals surface area contributed by atoms with E-state index in [-0.39, 0.29) is 11.7 Å². The minimum atomic E-state index is 0.0209. The van der Waals surface area contributed by atoms with Crippen LogP contribution in [0.15, 0.2) is 12.1 Å². The third-order valence-corrected chi connectivity index (χ3v) is 3.91. The highest BCUT2D eigenvalue weighted by atomic mass is 16.5. The molecule has 1 saturated heterocycles. The van der Waals surface area contributed by atoms with E-state index < -0.39 is 0 Å². The molecule has 0 aliphatic carbocycles. The van der Waals surface area contributed by atoms with Crippen molar-refractivity contribution in [3.05, 3.63) is 17.7 Å². The normalized spacial score (nSPS) is 15.3. The van der Waals surface area contributed by atoms with Gasteiger partial charge < -0.3 is 19.5 Å². The summed E-state index contributed by atoms with van der Waals surface area (Å²) < 4.78 is 17.0. The lowest BCUT2D eigenvalue weighted by Crippen LogP contribution is -2.32. The van der Waals surface area contributed by atoms with Crippen molar-refractivity contribution in [3.63, 3.8) is 0 Å². The highest BCUT2D eigenvalue weighted by Gasteiger charge is 2.28. The number of hydrogen-bond donors (Lipinski definition) is 1. The quantitative estimate of drug-likeness (QED) is 0.746. The summed E-state index contributed by atoms with van der Waals surface area (Å²) in [5.74, 6) is 1.92. The zero-order chi connectivity index (χ0) is 16.7. The molecular formula is C18H27NO4. The number of rotatable bonds is 8. The summed E-state index contributed by atoms with van der Waals surface area (Å²) >= 11 is 0. The lowest BCUT2D eigenvalue weighted by Gasteiger charge is -2.24. The predicted molar refractivity (Wildman–Crippen MR) is 89.9 cm³/mol. The molecule has 23 heavy (non-hydrogen) atoms. The van der Waals surface area contributed by atoms with E-state index in [0.29, 0.717) is 42.6 Å². The number of nitrogens with one attached hydrogen (secondary N) is 1. The maximum absolute atomic E-state index is 13.0. The molecule has 2 rings (SSSR count).